The van der Waals surface area contributed by atoms with Gasteiger partial charge in [-0.1, -0.05) is 20.3 Å². The second-order valence-corrected chi connectivity index (χ2v) is 4.35. The molecule has 0 N–H and O–H groups in total. The molecule has 0 saturated carbocycles. The van der Waals surface area contributed by atoms with Crippen molar-refractivity contribution in [3.63, 3.8) is 0 Å². The summed E-state index contributed by atoms with van der Waals surface area (Å²) in [6.45, 7) is 4.71. The molecule has 1 rings (SSSR count). The highest BCUT2D eigenvalue weighted by Gasteiger charge is 2.12. The Balaban J connectivity index is 2.31. The summed E-state index contributed by atoms with van der Waals surface area (Å²) < 4.78 is 10.0. The predicted molar refractivity (Wildman–Crippen MR) is 76.1 cm³/mol. The van der Waals surface area contributed by atoms with Crippen LogP contribution in [0.5, 0.6) is 5.75 Å². The second-order valence-electron chi connectivity index (χ2n) is 4.35. The average Bonchev–Trinajstić information content (AvgIpc) is 2.53. The molecule has 0 radical (unpaired) electrons. The van der Waals surface area contributed by atoms with Crippen LogP contribution < -0.4 is 4.74 Å². The van der Waals surface area contributed by atoms with Crippen molar-refractivity contribution < 1.29 is 33.9 Å². The molecule has 0 unspecified atom stereocenters. The summed E-state index contributed by atoms with van der Waals surface area (Å²) in [5.41, 5.74) is 0.230. The highest BCUT2D eigenvalue weighted by Crippen LogP contribution is 2.13. The Morgan fingerprint density at radius 1 is 0.955 bits per heavy atom. The molecule has 0 aliphatic rings. The van der Waals surface area contributed by atoms with Gasteiger partial charge in [-0.25, -0.2) is 14.5 Å². The van der Waals surface area contributed by atoms with Gasteiger partial charge in [0, 0.05) is 0 Å². The first-order valence-corrected chi connectivity index (χ1v) is 7.12. The van der Waals surface area contributed by atoms with E-state index >= 15 is 0 Å². The maximum atomic E-state index is 11.6. The maximum Gasteiger partial charge on any atom is 0.543 e. The van der Waals surface area contributed by atoms with E-state index in [4.69, 9.17) is 4.74 Å². The van der Waals surface area contributed by atoms with E-state index in [9.17, 15) is 9.59 Å². The Labute approximate surface area is 128 Å². The van der Waals surface area contributed by atoms with Gasteiger partial charge in [-0.2, -0.15) is 0 Å². The smallest absolute Gasteiger partial charge is 0.494 e. The van der Waals surface area contributed by atoms with E-state index < -0.39 is 12.1 Å². The number of hydrogen-bond donors (Lipinski definition) is 0. The zero-order chi connectivity index (χ0) is 16.2. The van der Waals surface area contributed by atoms with Crippen LogP contribution in [-0.4, -0.2) is 25.3 Å². The summed E-state index contributed by atoms with van der Waals surface area (Å²) in [5.74, 6) is -0.145. The zero-order valence-corrected chi connectivity index (χ0v) is 12.7. The van der Waals surface area contributed by atoms with Crippen LogP contribution in [0.25, 0.3) is 0 Å². The molecule has 122 valence electrons. The van der Waals surface area contributed by atoms with Gasteiger partial charge in [-0.05, 0) is 37.1 Å². The first kappa shape index (κ1) is 17.8. The molecule has 0 saturated heterocycles. The highest BCUT2D eigenvalue weighted by atomic mass is 17.5. The molecule has 0 spiro atoms. The zero-order valence-electron chi connectivity index (χ0n) is 12.7. The molecule has 0 amide bonds. The van der Waals surface area contributed by atoms with E-state index in [2.05, 4.69) is 26.5 Å². The molecule has 1 aromatic carbocycles. The van der Waals surface area contributed by atoms with Crippen LogP contribution in [0.2, 0.25) is 0 Å². The third kappa shape index (κ3) is 6.94. The van der Waals surface area contributed by atoms with E-state index in [1.54, 1.807) is 12.1 Å². The van der Waals surface area contributed by atoms with Crippen LogP contribution in [0.15, 0.2) is 24.3 Å². The molecule has 22 heavy (non-hydrogen) atoms. The van der Waals surface area contributed by atoms with Gasteiger partial charge in [-0.15, -0.1) is 0 Å². The van der Waals surface area contributed by atoms with Gasteiger partial charge in [-0.3, -0.25) is 4.89 Å². The largest absolute Gasteiger partial charge is 0.543 e. The molecule has 1 aromatic rings. The van der Waals surface area contributed by atoms with Gasteiger partial charge in [0.25, 0.3) is 0 Å². The third-order valence-electron chi connectivity index (χ3n) is 2.49. The Hall–Kier alpha value is -2.28. The normalized spacial score (nSPS) is 9.91. The van der Waals surface area contributed by atoms with Crippen molar-refractivity contribution in [1.82, 2.24) is 0 Å². The number of rotatable bonds is 9. The maximum absolute atomic E-state index is 11.6. The average molecular weight is 312 g/mol. The topological polar surface area (TPSA) is 80.3 Å². The predicted octanol–water partition coefficient (Wildman–Crippen LogP) is 3.43. The molecular formula is C15H20O7. The summed E-state index contributed by atoms with van der Waals surface area (Å²) in [5, 5.41) is 4.06. The molecule has 0 fully saturated rings. The molecule has 0 aliphatic carbocycles. The van der Waals surface area contributed by atoms with Crippen molar-refractivity contribution in [2.24, 2.45) is 0 Å². The number of ether oxygens (including phenoxy) is 2. The van der Waals surface area contributed by atoms with E-state index in [1.165, 1.54) is 12.1 Å². The van der Waals surface area contributed by atoms with E-state index in [1.807, 2.05) is 6.92 Å². The van der Waals surface area contributed by atoms with Gasteiger partial charge in [0.1, 0.15) is 5.75 Å². The monoisotopic (exact) mass is 312 g/mol. The number of carbonyl (C=O) groups is 2. The van der Waals surface area contributed by atoms with Crippen LogP contribution in [0.3, 0.4) is 0 Å². The highest BCUT2D eigenvalue weighted by molar-refractivity contribution is 5.89. The van der Waals surface area contributed by atoms with E-state index in [-0.39, 0.29) is 12.2 Å². The van der Waals surface area contributed by atoms with Crippen molar-refractivity contribution in [2.75, 3.05) is 13.2 Å². The molecule has 0 heterocycles. The molecule has 7 nitrogen and oxygen atoms in total. The SMILES string of the molecule is CCCCOc1ccc(C(=O)OOOC(=O)OCCC)cc1. The lowest BCUT2D eigenvalue weighted by Crippen LogP contribution is -2.12. The fourth-order valence-corrected chi connectivity index (χ4v) is 1.35. The van der Waals surface area contributed by atoms with Crippen LogP contribution in [-0.2, 0) is 19.6 Å². The van der Waals surface area contributed by atoms with E-state index in [0.29, 0.717) is 18.8 Å². The molecule has 0 atom stereocenters. The molecule has 0 aromatic heterocycles. The summed E-state index contributed by atoms with van der Waals surface area (Å²) in [4.78, 5) is 30.9. The van der Waals surface area contributed by atoms with Gasteiger partial charge in [0.15, 0.2) is 0 Å². The second kappa shape index (κ2) is 10.4. The quantitative estimate of drug-likeness (QED) is 0.299. The minimum Gasteiger partial charge on any atom is -0.494 e. The Morgan fingerprint density at radius 2 is 1.68 bits per heavy atom. The minimum atomic E-state index is -1.07. The van der Waals surface area contributed by atoms with Crippen molar-refractivity contribution in [3.8, 4) is 5.75 Å². The van der Waals surface area contributed by atoms with Gasteiger partial charge < -0.3 is 9.47 Å². The first-order valence-electron chi connectivity index (χ1n) is 7.12. The first-order chi connectivity index (χ1) is 10.7. The minimum absolute atomic E-state index is 0.190. The summed E-state index contributed by atoms with van der Waals surface area (Å²) in [6.07, 6.45) is 1.57. The van der Waals surface area contributed by atoms with Gasteiger partial charge in [0.2, 0.25) is 0 Å². The number of hydrogen-bond acceptors (Lipinski definition) is 7. The summed E-state index contributed by atoms with van der Waals surface area (Å²) >= 11 is 0. The lowest BCUT2D eigenvalue weighted by Gasteiger charge is -2.06. The molecule has 0 bridgehead atoms. The Morgan fingerprint density at radius 3 is 2.32 bits per heavy atom. The number of carbonyl (C=O) groups excluding carboxylic acids is 2. The van der Waals surface area contributed by atoms with Crippen LogP contribution in [0, 0.1) is 0 Å². The van der Waals surface area contributed by atoms with Crippen molar-refractivity contribution in [2.45, 2.75) is 33.1 Å². The van der Waals surface area contributed by atoms with Gasteiger partial charge in [0.05, 0.1) is 23.8 Å². The lowest BCUT2D eigenvalue weighted by atomic mass is 10.2. The molecule has 7 heteroatoms. The van der Waals surface area contributed by atoms with Crippen LogP contribution >= 0.6 is 0 Å². The third-order valence-corrected chi connectivity index (χ3v) is 2.49. The Kier molecular flexibility index (Phi) is 8.44. The van der Waals surface area contributed by atoms with Crippen molar-refractivity contribution in [1.29, 1.82) is 0 Å². The number of benzene rings is 1. The molecule has 0 aliphatic heterocycles. The summed E-state index contributed by atoms with van der Waals surface area (Å²) in [7, 11) is 0. The van der Waals surface area contributed by atoms with Crippen LogP contribution in [0.1, 0.15) is 43.5 Å². The Bertz CT molecular complexity index is 455. The fraction of sp³-hybridized carbons (Fsp3) is 0.467. The molecular weight excluding hydrogens is 292 g/mol. The van der Waals surface area contributed by atoms with Crippen LogP contribution in [0.4, 0.5) is 4.79 Å². The number of unbranched alkanes of at least 4 members (excludes halogenated alkanes) is 1. The fourth-order valence-electron chi connectivity index (χ4n) is 1.35. The van der Waals surface area contributed by atoms with Crippen molar-refractivity contribution in [3.05, 3.63) is 29.8 Å². The van der Waals surface area contributed by atoms with Gasteiger partial charge >= 0.3 is 12.1 Å². The summed E-state index contributed by atoms with van der Waals surface area (Å²) in [6, 6.07) is 6.32. The van der Waals surface area contributed by atoms with Crippen molar-refractivity contribution >= 4 is 12.1 Å². The lowest BCUT2D eigenvalue weighted by molar-refractivity contribution is -0.452. The standard InChI is InChI=1S/C15H20O7/c1-3-5-11-18-13-8-6-12(7-9-13)14(16)20-22-21-15(17)19-10-4-2/h6-9H,3-5,10-11H2,1-2H3. The van der Waals surface area contributed by atoms with E-state index in [0.717, 1.165) is 12.8 Å².